The van der Waals surface area contributed by atoms with E-state index in [9.17, 15) is 12.8 Å². The van der Waals surface area contributed by atoms with Crippen molar-refractivity contribution in [3.05, 3.63) is 64.5 Å². The molecule has 4 nitrogen and oxygen atoms in total. The fourth-order valence-corrected chi connectivity index (χ4v) is 6.14. The van der Waals surface area contributed by atoms with E-state index in [-0.39, 0.29) is 9.37 Å². The number of sulfonamides is 1. The lowest BCUT2D eigenvalue weighted by atomic mass is 9.90. The van der Waals surface area contributed by atoms with Crippen LogP contribution >= 0.6 is 15.9 Å². The minimum atomic E-state index is -3.63. The molecule has 0 saturated carbocycles. The lowest BCUT2D eigenvalue weighted by molar-refractivity contribution is 0.320. The van der Waals surface area contributed by atoms with Crippen LogP contribution in [0, 0.1) is 5.82 Å². The molecular weight excluding hydrogens is 419 g/mol. The fraction of sp³-hybridized carbons (Fsp3) is 0.263. The summed E-state index contributed by atoms with van der Waals surface area (Å²) in [5, 5.41) is 1.20. The van der Waals surface area contributed by atoms with Crippen molar-refractivity contribution in [3.8, 4) is 0 Å². The maximum Gasteiger partial charge on any atom is 0.244 e. The first-order valence-electron chi connectivity index (χ1n) is 8.48. The number of hydrogen-bond donors (Lipinski definition) is 1. The highest BCUT2D eigenvalue weighted by Crippen LogP contribution is 2.35. The molecule has 0 atom stereocenters. The van der Waals surface area contributed by atoms with Crippen molar-refractivity contribution >= 4 is 36.9 Å². The Morgan fingerprint density at radius 2 is 1.85 bits per heavy atom. The summed E-state index contributed by atoms with van der Waals surface area (Å²) in [5.74, 6) is -0.136. The average molecular weight is 437 g/mol. The van der Waals surface area contributed by atoms with Crippen LogP contribution in [0.15, 0.2) is 58.0 Å². The van der Waals surface area contributed by atoms with Crippen LogP contribution in [0.25, 0.3) is 10.9 Å². The van der Waals surface area contributed by atoms with Gasteiger partial charge in [0.2, 0.25) is 10.0 Å². The quantitative estimate of drug-likeness (QED) is 0.649. The van der Waals surface area contributed by atoms with Crippen LogP contribution in [-0.4, -0.2) is 30.8 Å². The monoisotopic (exact) mass is 436 g/mol. The highest BCUT2D eigenvalue weighted by molar-refractivity contribution is 9.10. The molecule has 0 unspecified atom stereocenters. The topological polar surface area (TPSA) is 53.2 Å². The van der Waals surface area contributed by atoms with E-state index in [1.165, 1.54) is 33.5 Å². The summed E-state index contributed by atoms with van der Waals surface area (Å²) in [6, 6.07) is 11.8. The first kappa shape index (κ1) is 17.7. The van der Waals surface area contributed by atoms with Crippen LogP contribution in [0.3, 0.4) is 0 Å². The van der Waals surface area contributed by atoms with Gasteiger partial charge in [-0.3, -0.25) is 0 Å². The average Bonchev–Trinajstić information content (AvgIpc) is 3.05. The molecule has 4 rings (SSSR count). The van der Waals surface area contributed by atoms with Crippen molar-refractivity contribution in [2.75, 3.05) is 13.1 Å². The summed E-state index contributed by atoms with van der Waals surface area (Å²) in [6.45, 7) is 0.909. The van der Waals surface area contributed by atoms with Crippen LogP contribution < -0.4 is 0 Å². The zero-order valence-electron chi connectivity index (χ0n) is 14.0. The Morgan fingerprint density at radius 1 is 1.12 bits per heavy atom. The van der Waals surface area contributed by atoms with Crippen molar-refractivity contribution < 1.29 is 12.8 Å². The van der Waals surface area contributed by atoms with Crippen LogP contribution in [0.2, 0.25) is 0 Å². The van der Waals surface area contributed by atoms with E-state index >= 15 is 0 Å². The minimum Gasteiger partial charge on any atom is -0.361 e. The molecule has 0 aliphatic carbocycles. The Balaban J connectivity index is 1.54. The molecule has 7 heteroatoms. The van der Waals surface area contributed by atoms with Gasteiger partial charge in [-0.25, -0.2) is 12.8 Å². The Labute approximate surface area is 160 Å². The lowest BCUT2D eigenvalue weighted by Gasteiger charge is -2.31. The van der Waals surface area contributed by atoms with Gasteiger partial charge in [0.25, 0.3) is 0 Å². The third-order valence-corrected chi connectivity index (χ3v) is 7.90. The van der Waals surface area contributed by atoms with E-state index in [2.05, 4.69) is 27.0 Å². The molecular formula is C19H18BrFN2O2S. The fourth-order valence-electron chi connectivity index (χ4n) is 3.66. The molecule has 1 N–H and O–H groups in total. The van der Waals surface area contributed by atoms with E-state index in [1.54, 1.807) is 0 Å². The number of benzene rings is 2. The SMILES string of the molecule is O=S(=O)(c1ccc(F)cc1Br)N1CCC(c2c[nH]c3ccccc23)CC1. The van der Waals surface area contributed by atoms with Gasteiger partial charge in [-0.05, 0) is 64.5 Å². The predicted molar refractivity (Wildman–Crippen MR) is 103 cm³/mol. The second-order valence-corrected chi connectivity index (χ2v) is 9.30. The Bertz CT molecular complexity index is 1060. The molecule has 2 heterocycles. The second-order valence-electron chi connectivity index (χ2n) is 6.54. The second kappa shape index (κ2) is 6.79. The number of fused-ring (bicyclic) bond motifs is 1. The summed E-state index contributed by atoms with van der Waals surface area (Å²) in [5.41, 5.74) is 2.36. The molecule has 0 bridgehead atoms. The molecule has 3 aromatic rings. The van der Waals surface area contributed by atoms with E-state index in [1.807, 2.05) is 24.4 Å². The van der Waals surface area contributed by atoms with Gasteiger partial charge in [0.1, 0.15) is 5.82 Å². The van der Waals surface area contributed by atoms with Crippen LogP contribution in [0.4, 0.5) is 4.39 Å². The third kappa shape index (κ3) is 3.08. The molecule has 1 saturated heterocycles. The Kier molecular flexibility index (Phi) is 4.62. The van der Waals surface area contributed by atoms with Crippen LogP contribution in [-0.2, 0) is 10.0 Å². The van der Waals surface area contributed by atoms with Crippen molar-refractivity contribution in [2.24, 2.45) is 0 Å². The number of H-pyrrole nitrogens is 1. The highest BCUT2D eigenvalue weighted by Gasteiger charge is 2.32. The van der Waals surface area contributed by atoms with Crippen molar-refractivity contribution in [2.45, 2.75) is 23.7 Å². The normalized spacial score (nSPS) is 17.0. The number of aromatic nitrogens is 1. The van der Waals surface area contributed by atoms with Gasteiger partial charge in [0.05, 0.1) is 4.90 Å². The zero-order chi connectivity index (χ0) is 18.3. The molecule has 0 spiro atoms. The number of nitrogens with zero attached hydrogens (tertiary/aromatic N) is 1. The zero-order valence-corrected chi connectivity index (χ0v) is 16.4. The molecule has 2 aromatic carbocycles. The van der Waals surface area contributed by atoms with Crippen molar-refractivity contribution in [3.63, 3.8) is 0 Å². The van der Waals surface area contributed by atoms with Gasteiger partial charge in [-0.1, -0.05) is 18.2 Å². The number of nitrogens with one attached hydrogen (secondary N) is 1. The summed E-state index contributed by atoms with van der Waals surface area (Å²) >= 11 is 3.17. The lowest BCUT2D eigenvalue weighted by Crippen LogP contribution is -2.38. The first-order valence-corrected chi connectivity index (χ1v) is 10.7. The van der Waals surface area contributed by atoms with Gasteiger partial charge >= 0.3 is 0 Å². The standard InChI is InChI=1S/C19H18BrFN2O2S/c20-17-11-14(21)5-6-19(17)26(24,25)23-9-7-13(8-10-23)16-12-22-18-4-2-1-3-15(16)18/h1-6,11-13,22H,7-10H2. The molecule has 1 aliphatic rings. The number of halogens is 2. The van der Waals surface area contributed by atoms with E-state index < -0.39 is 15.8 Å². The summed E-state index contributed by atoms with van der Waals surface area (Å²) in [4.78, 5) is 3.41. The Hall–Kier alpha value is -1.70. The van der Waals surface area contributed by atoms with E-state index in [0.29, 0.717) is 19.0 Å². The number of piperidine rings is 1. The molecule has 0 amide bonds. The molecule has 1 aliphatic heterocycles. The summed E-state index contributed by atoms with van der Waals surface area (Å²) in [6.07, 6.45) is 3.57. The maximum absolute atomic E-state index is 13.3. The smallest absolute Gasteiger partial charge is 0.244 e. The largest absolute Gasteiger partial charge is 0.361 e. The van der Waals surface area contributed by atoms with Gasteiger partial charge < -0.3 is 4.98 Å². The van der Waals surface area contributed by atoms with Crippen LogP contribution in [0.5, 0.6) is 0 Å². The van der Waals surface area contributed by atoms with E-state index in [0.717, 1.165) is 18.4 Å². The molecule has 136 valence electrons. The van der Waals surface area contributed by atoms with Gasteiger partial charge in [0.15, 0.2) is 0 Å². The summed E-state index contributed by atoms with van der Waals surface area (Å²) in [7, 11) is -3.63. The third-order valence-electron chi connectivity index (χ3n) is 5.03. The summed E-state index contributed by atoms with van der Waals surface area (Å²) < 4.78 is 40.8. The maximum atomic E-state index is 13.3. The van der Waals surface area contributed by atoms with Crippen molar-refractivity contribution in [1.29, 1.82) is 0 Å². The highest BCUT2D eigenvalue weighted by atomic mass is 79.9. The number of rotatable bonds is 3. The van der Waals surface area contributed by atoms with Gasteiger partial charge in [-0.15, -0.1) is 0 Å². The molecule has 0 radical (unpaired) electrons. The number of aromatic amines is 1. The number of para-hydroxylation sites is 1. The molecule has 26 heavy (non-hydrogen) atoms. The van der Waals surface area contributed by atoms with Crippen molar-refractivity contribution in [1.82, 2.24) is 9.29 Å². The Morgan fingerprint density at radius 3 is 2.58 bits per heavy atom. The van der Waals surface area contributed by atoms with E-state index in [4.69, 9.17) is 0 Å². The first-order chi connectivity index (χ1) is 12.5. The number of hydrogen-bond acceptors (Lipinski definition) is 2. The van der Waals surface area contributed by atoms with Gasteiger partial charge in [0, 0.05) is 34.7 Å². The predicted octanol–water partition coefficient (Wildman–Crippen LogP) is 4.64. The molecule has 1 fully saturated rings. The molecule has 1 aromatic heterocycles. The van der Waals surface area contributed by atoms with Gasteiger partial charge in [-0.2, -0.15) is 4.31 Å². The van der Waals surface area contributed by atoms with Crippen LogP contribution in [0.1, 0.15) is 24.3 Å². The minimum absolute atomic E-state index is 0.115.